The van der Waals surface area contributed by atoms with Crippen LogP contribution in [0, 0.1) is 0 Å². The summed E-state index contributed by atoms with van der Waals surface area (Å²) >= 11 is 0. The molecule has 3 rings (SSSR count). The molecule has 180 valence electrons. The summed E-state index contributed by atoms with van der Waals surface area (Å²) in [6, 6.07) is 7.02. The van der Waals surface area contributed by atoms with Crippen molar-refractivity contribution in [2.24, 2.45) is 0 Å². The summed E-state index contributed by atoms with van der Waals surface area (Å²) in [6.45, 7) is 0.493. The van der Waals surface area contributed by atoms with Gasteiger partial charge >= 0.3 is 10.2 Å². The molecule has 2 aromatic rings. The van der Waals surface area contributed by atoms with Crippen LogP contribution in [0.25, 0.3) is 0 Å². The van der Waals surface area contributed by atoms with Crippen molar-refractivity contribution >= 4 is 22.0 Å². The van der Waals surface area contributed by atoms with Crippen LogP contribution in [0.2, 0.25) is 0 Å². The summed E-state index contributed by atoms with van der Waals surface area (Å²) in [4.78, 5) is 30.0. The van der Waals surface area contributed by atoms with Crippen LogP contribution in [-0.4, -0.2) is 59.0 Å². The molecular formula is C24H34N4O4S. The lowest BCUT2D eigenvalue weighted by Gasteiger charge is -2.14. The number of unbranched alkanes of at least 4 members (excludes halogenated alkanes) is 8. The van der Waals surface area contributed by atoms with Gasteiger partial charge in [-0.1, -0.05) is 57.1 Å². The molecule has 0 fully saturated rings. The average Bonchev–Trinajstić information content (AvgIpc) is 3.36. The molecule has 1 aromatic heterocycles. The third-order valence-electron chi connectivity index (χ3n) is 6.08. The highest BCUT2D eigenvalue weighted by atomic mass is 32.2. The number of aryl methyl sites for hydroxylation is 1. The Morgan fingerprint density at radius 3 is 1.88 bits per heavy atom. The van der Waals surface area contributed by atoms with Gasteiger partial charge in [0.05, 0.1) is 16.8 Å². The second-order valence-electron chi connectivity index (χ2n) is 8.71. The van der Waals surface area contributed by atoms with Gasteiger partial charge in [0, 0.05) is 26.8 Å². The van der Waals surface area contributed by atoms with Crippen molar-refractivity contribution in [3.8, 4) is 0 Å². The fourth-order valence-electron chi connectivity index (χ4n) is 4.13. The Balaban J connectivity index is 1.22. The lowest BCUT2D eigenvalue weighted by Crippen LogP contribution is -2.30. The number of benzene rings is 1. The third-order valence-corrected chi connectivity index (χ3v) is 7.83. The minimum absolute atomic E-state index is 0.169. The molecule has 0 unspecified atom stereocenters. The zero-order valence-electron chi connectivity index (χ0n) is 19.6. The van der Waals surface area contributed by atoms with Crippen LogP contribution in [0.4, 0.5) is 0 Å². The largest absolute Gasteiger partial charge is 0.308 e. The van der Waals surface area contributed by atoms with E-state index < -0.39 is 10.2 Å². The number of hydrogen-bond acceptors (Lipinski definition) is 5. The van der Waals surface area contributed by atoms with Crippen molar-refractivity contribution in [2.45, 2.75) is 64.2 Å². The summed E-state index contributed by atoms with van der Waals surface area (Å²) in [5.41, 5.74) is 1.76. The Morgan fingerprint density at radius 1 is 0.818 bits per heavy atom. The molecule has 2 amide bonds. The van der Waals surface area contributed by atoms with Crippen molar-refractivity contribution in [2.75, 3.05) is 20.6 Å². The third kappa shape index (κ3) is 6.09. The van der Waals surface area contributed by atoms with E-state index in [0.29, 0.717) is 24.1 Å². The summed E-state index contributed by atoms with van der Waals surface area (Å²) in [5.74, 6) is -0.337. The number of imidazole rings is 1. The molecule has 1 aliphatic rings. The average molecular weight is 475 g/mol. The molecule has 0 bridgehead atoms. The van der Waals surface area contributed by atoms with Gasteiger partial charge in [-0.15, -0.1) is 0 Å². The molecule has 33 heavy (non-hydrogen) atoms. The molecule has 0 radical (unpaired) electrons. The first kappa shape index (κ1) is 25.1. The van der Waals surface area contributed by atoms with Crippen molar-refractivity contribution < 1.29 is 18.0 Å². The number of aromatic nitrogens is 2. The van der Waals surface area contributed by atoms with Gasteiger partial charge in [0.2, 0.25) is 0 Å². The predicted octanol–water partition coefficient (Wildman–Crippen LogP) is 3.89. The minimum Gasteiger partial charge on any atom is -0.274 e. The van der Waals surface area contributed by atoms with Crippen LogP contribution < -0.4 is 0 Å². The summed E-state index contributed by atoms with van der Waals surface area (Å²) in [5, 5.41) is 0. The fourth-order valence-corrected chi connectivity index (χ4v) is 5.09. The SMILES string of the molecule is CN(C)S(=O)(=O)n1cncc1CCCCCCCCCCCN1C(=O)c2ccccc2C1=O. The van der Waals surface area contributed by atoms with Crippen molar-refractivity contribution in [3.63, 3.8) is 0 Å². The second-order valence-corrected chi connectivity index (χ2v) is 10.7. The first-order valence-electron chi connectivity index (χ1n) is 11.7. The molecule has 0 saturated carbocycles. The topological polar surface area (TPSA) is 92.6 Å². The summed E-state index contributed by atoms with van der Waals surface area (Å²) in [7, 11) is -0.470. The van der Waals surface area contributed by atoms with Crippen LogP contribution in [0.1, 0.15) is 84.2 Å². The van der Waals surface area contributed by atoms with E-state index in [0.717, 1.165) is 57.1 Å². The van der Waals surface area contributed by atoms with Gasteiger partial charge in [-0.25, -0.2) is 8.96 Å². The van der Waals surface area contributed by atoms with E-state index in [2.05, 4.69) is 4.98 Å². The van der Waals surface area contributed by atoms with Crippen LogP contribution in [0.3, 0.4) is 0 Å². The van der Waals surface area contributed by atoms with Gasteiger partial charge in [0.15, 0.2) is 0 Å². The molecule has 0 aliphatic carbocycles. The molecule has 0 saturated heterocycles. The Kier molecular flexibility index (Phi) is 8.80. The maximum Gasteiger partial charge on any atom is 0.308 e. The van der Waals surface area contributed by atoms with E-state index in [1.165, 1.54) is 40.0 Å². The minimum atomic E-state index is -3.51. The number of nitrogens with zero attached hydrogens (tertiary/aromatic N) is 4. The van der Waals surface area contributed by atoms with Crippen molar-refractivity contribution in [1.82, 2.24) is 18.2 Å². The van der Waals surface area contributed by atoms with E-state index >= 15 is 0 Å². The summed E-state index contributed by atoms with van der Waals surface area (Å²) < 4.78 is 27.0. The predicted molar refractivity (Wildman–Crippen MR) is 127 cm³/mol. The highest BCUT2D eigenvalue weighted by molar-refractivity contribution is 7.87. The van der Waals surface area contributed by atoms with Crippen LogP contribution in [0.5, 0.6) is 0 Å². The van der Waals surface area contributed by atoms with Gasteiger partial charge < -0.3 is 0 Å². The Hall–Kier alpha value is -2.52. The van der Waals surface area contributed by atoms with Crippen LogP contribution >= 0.6 is 0 Å². The number of imide groups is 1. The van der Waals surface area contributed by atoms with Gasteiger partial charge in [0.1, 0.15) is 6.33 Å². The van der Waals surface area contributed by atoms with E-state index in [9.17, 15) is 18.0 Å². The van der Waals surface area contributed by atoms with E-state index in [4.69, 9.17) is 0 Å². The molecule has 0 N–H and O–H groups in total. The van der Waals surface area contributed by atoms with Crippen molar-refractivity contribution in [3.05, 3.63) is 53.6 Å². The van der Waals surface area contributed by atoms with Gasteiger partial charge in [-0.05, 0) is 31.4 Å². The van der Waals surface area contributed by atoms with Gasteiger partial charge in [0.25, 0.3) is 11.8 Å². The second kappa shape index (κ2) is 11.6. The number of rotatable bonds is 14. The Morgan fingerprint density at radius 2 is 1.33 bits per heavy atom. The first-order valence-corrected chi connectivity index (χ1v) is 13.1. The molecule has 8 nitrogen and oxygen atoms in total. The fraction of sp³-hybridized carbons (Fsp3) is 0.542. The highest BCUT2D eigenvalue weighted by Crippen LogP contribution is 2.23. The molecule has 0 atom stereocenters. The Bertz CT molecular complexity index is 1030. The number of carbonyl (C=O) groups is 2. The zero-order valence-corrected chi connectivity index (χ0v) is 20.4. The first-order chi connectivity index (χ1) is 15.8. The van der Waals surface area contributed by atoms with Crippen LogP contribution in [0.15, 0.2) is 36.8 Å². The van der Waals surface area contributed by atoms with E-state index in [-0.39, 0.29) is 11.8 Å². The molecule has 0 spiro atoms. The maximum atomic E-state index is 12.3. The highest BCUT2D eigenvalue weighted by Gasteiger charge is 2.34. The smallest absolute Gasteiger partial charge is 0.274 e. The lowest BCUT2D eigenvalue weighted by molar-refractivity contribution is 0.0651. The van der Waals surface area contributed by atoms with E-state index in [1.807, 2.05) is 0 Å². The Labute approximate surface area is 196 Å². The zero-order chi connectivity index (χ0) is 23.8. The molecular weight excluding hydrogens is 440 g/mol. The molecule has 9 heteroatoms. The number of fused-ring (bicyclic) bond motifs is 1. The molecule has 1 aliphatic heterocycles. The lowest BCUT2D eigenvalue weighted by atomic mass is 10.1. The number of carbonyl (C=O) groups excluding carboxylic acids is 2. The van der Waals surface area contributed by atoms with Crippen molar-refractivity contribution in [1.29, 1.82) is 0 Å². The van der Waals surface area contributed by atoms with E-state index in [1.54, 1.807) is 30.5 Å². The maximum absolute atomic E-state index is 12.3. The van der Waals surface area contributed by atoms with Gasteiger partial charge in [-0.2, -0.15) is 12.7 Å². The standard InChI is InChI=1S/C24H34N4O4S/c1-26(2)33(31,32)28-19-25-18-20(28)14-10-8-6-4-3-5-7-9-13-17-27-23(29)21-15-11-12-16-22(21)24(27)30/h11-12,15-16,18-19H,3-10,13-14,17H2,1-2H3. The molecule has 1 aromatic carbocycles. The normalized spacial score (nSPS) is 13.8. The number of hydrogen-bond donors (Lipinski definition) is 0. The summed E-state index contributed by atoms with van der Waals surface area (Å²) in [6.07, 6.45) is 13.2. The molecule has 2 heterocycles. The number of amides is 2. The quantitative estimate of drug-likeness (QED) is 0.306. The van der Waals surface area contributed by atoms with Crippen LogP contribution in [-0.2, 0) is 16.6 Å². The monoisotopic (exact) mass is 474 g/mol. The van der Waals surface area contributed by atoms with Gasteiger partial charge in [-0.3, -0.25) is 14.5 Å².